The van der Waals surface area contributed by atoms with Crippen molar-refractivity contribution in [1.29, 1.82) is 0 Å². The Morgan fingerprint density at radius 1 is 1.06 bits per heavy atom. The van der Waals surface area contributed by atoms with Gasteiger partial charge in [0.05, 0.1) is 12.2 Å². The van der Waals surface area contributed by atoms with Gasteiger partial charge in [-0.05, 0) is 30.5 Å². The zero-order valence-corrected chi connectivity index (χ0v) is 19.2. The van der Waals surface area contributed by atoms with Crippen molar-refractivity contribution in [2.45, 2.75) is 56.3 Å². The molecule has 10 heteroatoms. The van der Waals surface area contributed by atoms with Gasteiger partial charge in [-0.2, -0.15) is 0 Å². The number of carbonyl (C=O) groups is 1. The number of hydrogen-bond acceptors (Lipinski definition) is 8. The van der Waals surface area contributed by atoms with Gasteiger partial charge in [0.25, 0.3) is 0 Å². The van der Waals surface area contributed by atoms with Crippen molar-refractivity contribution in [1.82, 2.24) is 0 Å². The van der Waals surface area contributed by atoms with Crippen LogP contribution in [-0.4, -0.2) is 61.5 Å². The monoisotopic (exact) mass is 483 g/mol. The summed E-state index contributed by atoms with van der Waals surface area (Å²) in [4.78, 5) is 15.5. The Kier molecular flexibility index (Phi) is 9.08. The van der Waals surface area contributed by atoms with E-state index in [4.69, 9.17) is 29.2 Å². The maximum atomic E-state index is 12.8. The summed E-state index contributed by atoms with van der Waals surface area (Å²) >= 11 is 0. The maximum absolute atomic E-state index is 12.8. The molecule has 2 fully saturated rings. The number of rotatable bonds is 10. The number of fused-ring (bicyclic) bond motifs is 1. The largest absolute Gasteiger partial charge is 0.450 e. The molecule has 0 spiro atoms. The van der Waals surface area contributed by atoms with Crippen LogP contribution in [-0.2, 0) is 23.7 Å². The Hall–Kier alpha value is -2.98. The number of unbranched alkanes of at least 4 members (excludes halogenated alkanes) is 2. The number of azide groups is 1. The number of aliphatic hydroxyl groups excluding tert-OH is 1. The van der Waals surface area contributed by atoms with Crippen molar-refractivity contribution in [2.24, 2.45) is 5.11 Å². The smallest absolute Gasteiger partial charge is 0.338 e. The van der Waals surface area contributed by atoms with E-state index < -0.39 is 43.0 Å². The van der Waals surface area contributed by atoms with Gasteiger partial charge in [0, 0.05) is 23.6 Å². The molecule has 35 heavy (non-hydrogen) atoms. The van der Waals surface area contributed by atoms with Crippen LogP contribution in [0, 0.1) is 0 Å². The first-order valence-electron chi connectivity index (χ1n) is 11.7. The number of esters is 1. The molecule has 10 nitrogen and oxygen atoms in total. The molecule has 2 saturated heterocycles. The van der Waals surface area contributed by atoms with Gasteiger partial charge in [-0.3, -0.25) is 0 Å². The molecule has 4 rings (SSSR count). The van der Waals surface area contributed by atoms with Crippen LogP contribution in [0.1, 0.15) is 41.5 Å². The lowest BCUT2D eigenvalue weighted by Crippen LogP contribution is -2.63. The molecule has 2 aliphatic heterocycles. The summed E-state index contributed by atoms with van der Waals surface area (Å²) in [5, 5.41) is 14.7. The third-order valence-corrected chi connectivity index (χ3v) is 5.88. The molecule has 2 heterocycles. The average molecular weight is 484 g/mol. The molecular formula is C25H29N3O7. The molecule has 6 atom stereocenters. The zero-order chi connectivity index (χ0) is 24.5. The Labute approximate surface area is 203 Å². The molecule has 3 unspecified atom stereocenters. The van der Waals surface area contributed by atoms with Gasteiger partial charge in [0.15, 0.2) is 18.7 Å². The summed E-state index contributed by atoms with van der Waals surface area (Å²) in [6.07, 6.45) is -3.09. The van der Waals surface area contributed by atoms with Gasteiger partial charge in [-0.25, -0.2) is 4.79 Å². The first kappa shape index (κ1) is 25.1. The van der Waals surface area contributed by atoms with Crippen LogP contribution in [0.3, 0.4) is 0 Å². The zero-order valence-electron chi connectivity index (χ0n) is 19.2. The van der Waals surface area contributed by atoms with E-state index in [9.17, 15) is 9.90 Å². The Morgan fingerprint density at radius 2 is 1.80 bits per heavy atom. The van der Waals surface area contributed by atoms with E-state index in [1.54, 1.807) is 30.3 Å². The van der Waals surface area contributed by atoms with Gasteiger partial charge in [0.2, 0.25) is 0 Å². The topological polar surface area (TPSA) is 132 Å². The second-order valence-electron chi connectivity index (χ2n) is 8.33. The van der Waals surface area contributed by atoms with E-state index in [0.29, 0.717) is 25.1 Å². The summed E-state index contributed by atoms with van der Waals surface area (Å²) in [5.74, 6) is -0.591. The predicted octanol–water partition coefficient (Wildman–Crippen LogP) is 3.91. The Bertz CT molecular complexity index is 987. The number of aliphatic hydroxyl groups is 1. The molecule has 2 aromatic carbocycles. The van der Waals surface area contributed by atoms with E-state index in [1.807, 2.05) is 30.3 Å². The summed E-state index contributed by atoms with van der Waals surface area (Å²) in [6.45, 7) is 0.929. The van der Waals surface area contributed by atoms with Crippen LogP contribution in [0.5, 0.6) is 0 Å². The fourth-order valence-corrected chi connectivity index (χ4v) is 4.08. The van der Waals surface area contributed by atoms with Crippen molar-refractivity contribution in [3.8, 4) is 0 Å². The summed E-state index contributed by atoms with van der Waals surface area (Å²) in [6, 6.07) is 17.9. The molecule has 0 bridgehead atoms. The predicted molar refractivity (Wildman–Crippen MR) is 124 cm³/mol. The van der Waals surface area contributed by atoms with Crippen LogP contribution >= 0.6 is 0 Å². The quantitative estimate of drug-likeness (QED) is 0.178. The minimum Gasteiger partial charge on any atom is -0.450 e. The van der Waals surface area contributed by atoms with Crippen molar-refractivity contribution in [3.63, 3.8) is 0 Å². The molecule has 0 aliphatic carbocycles. The molecular weight excluding hydrogens is 454 g/mol. The Morgan fingerprint density at radius 3 is 2.54 bits per heavy atom. The van der Waals surface area contributed by atoms with Crippen LogP contribution in [0.15, 0.2) is 65.8 Å². The highest BCUT2D eigenvalue weighted by Crippen LogP contribution is 2.35. The molecule has 1 N–H and O–H groups in total. The number of carbonyl (C=O) groups excluding carboxylic acids is 1. The SMILES string of the molecule is [N-]=[N+]=NCCCCCO[C@@H]1OC2COC(c3ccccc3)O[C@H]2C(O)[C@@H]1OC(=O)c1ccccc1. The van der Waals surface area contributed by atoms with Crippen molar-refractivity contribution >= 4 is 5.97 Å². The van der Waals surface area contributed by atoms with Crippen LogP contribution < -0.4 is 0 Å². The minimum atomic E-state index is -1.19. The molecule has 0 saturated carbocycles. The highest BCUT2D eigenvalue weighted by Gasteiger charge is 2.51. The lowest BCUT2D eigenvalue weighted by Gasteiger charge is -2.47. The van der Waals surface area contributed by atoms with Gasteiger partial charge in [-0.15, -0.1) is 0 Å². The highest BCUT2D eigenvalue weighted by atomic mass is 16.8. The molecule has 0 radical (unpaired) electrons. The van der Waals surface area contributed by atoms with Gasteiger partial charge < -0.3 is 28.8 Å². The number of benzene rings is 2. The van der Waals surface area contributed by atoms with E-state index in [0.717, 1.165) is 18.4 Å². The fraction of sp³-hybridized carbons (Fsp3) is 0.480. The van der Waals surface area contributed by atoms with E-state index in [-0.39, 0.29) is 6.61 Å². The second-order valence-corrected chi connectivity index (χ2v) is 8.33. The average Bonchev–Trinajstić information content (AvgIpc) is 2.91. The Balaban J connectivity index is 1.43. The van der Waals surface area contributed by atoms with Gasteiger partial charge in [-0.1, -0.05) is 60.1 Å². The summed E-state index contributed by atoms with van der Waals surface area (Å²) < 4.78 is 29.5. The number of ether oxygens (including phenoxy) is 5. The van der Waals surface area contributed by atoms with Crippen LogP contribution in [0.4, 0.5) is 0 Å². The van der Waals surface area contributed by atoms with Gasteiger partial charge >= 0.3 is 5.97 Å². The van der Waals surface area contributed by atoms with Crippen LogP contribution in [0.2, 0.25) is 0 Å². The second kappa shape index (κ2) is 12.6. The highest BCUT2D eigenvalue weighted by molar-refractivity contribution is 5.89. The number of nitrogens with zero attached hydrogens (tertiary/aromatic N) is 3. The molecule has 2 aliphatic rings. The fourth-order valence-electron chi connectivity index (χ4n) is 4.08. The van der Waals surface area contributed by atoms with Crippen molar-refractivity contribution in [2.75, 3.05) is 19.8 Å². The van der Waals surface area contributed by atoms with Crippen LogP contribution in [0.25, 0.3) is 10.4 Å². The summed E-state index contributed by atoms with van der Waals surface area (Å²) in [7, 11) is 0. The maximum Gasteiger partial charge on any atom is 0.338 e. The summed E-state index contributed by atoms with van der Waals surface area (Å²) in [5.41, 5.74) is 9.52. The number of hydrogen-bond donors (Lipinski definition) is 1. The van der Waals surface area contributed by atoms with E-state index >= 15 is 0 Å². The first-order chi connectivity index (χ1) is 17.2. The standard InChI is InChI=1S/C25H29N3O7/c26-28-27-14-8-3-9-15-31-25-22(34-23(30)17-10-4-1-5-11-17)20(29)21-19(33-25)16-32-24(35-21)18-12-6-2-7-13-18/h1-2,4-7,10-13,19-22,24-25,29H,3,8-9,14-16H2/t19?,20?,21-,22+,24?,25-/m1/s1. The lowest BCUT2D eigenvalue weighted by atomic mass is 9.97. The molecule has 2 aromatic rings. The minimum absolute atomic E-state index is 0.187. The molecule has 0 amide bonds. The third-order valence-electron chi connectivity index (χ3n) is 5.88. The molecule has 0 aromatic heterocycles. The van der Waals surface area contributed by atoms with Crippen molar-refractivity contribution in [3.05, 3.63) is 82.2 Å². The lowest BCUT2D eigenvalue weighted by molar-refractivity contribution is -0.360. The molecule has 186 valence electrons. The van der Waals surface area contributed by atoms with Crippen molar-refractivity contribution < 1.29 is 33.6 Å². The van der Waals surface area contributed by atoms with E-state index in [1.165, 1.54) is 0 Å². The third kappa shape index (κ3) is 6.58. The normalized spacial score (nSPS) is 27.9. The van der Waals surface area contributed by atoms with E-state index in [2.05, 4.69) is 10.0 Å². The van der Waals surface area contributed by atoms with Gasteiger partial charge in [0.1, 0.15) is 18.3 Å². The first-order valence-corrected chi connectivity index (χ1v) is 11.7.